The van der Waals surface area contributed by atoms with Crippen LogP contribution in [0.5, 0.6) is 0 Å². The molecule has 0 N–H and O–H groups in total. The van der Waals surface area contributed by atoms with Gasteiger partial charge >= 0.3 is 164 Å². The fraction of sp³-hybridized carbons (Fsp3) is 0.538. The van der Waals surface area contributed by atoms with Gasteiger partial charge in [-0.05, 0) is 0 Å². The van der Waals surface area contributed by atoms with Gasteiger partial charge in [-0.1, -0.05) is 0 Å². The van der Waals surface area contributed by atoms with Crippen LogP contribution in [0.2, 0.25) is 5.32 Å². The molecule has 0 aromatic heterocycles. The van der Waals surface area contributed by atoms with Crippen molar-refractivity contribution in [2.24, 2.45) is 5.92 Å². The molecule has 0 atom stereocenters. The van der Waals surface area contributed by atoms with E-state index < -0.39 is 12.4 Å². The average molecular weight is 359 g/mol. The molecule has 1 saturated carbocycles. The molecule has 19 heavy (non-hydrogen) atoms. The molecule has 0 spiro atoms. The van der Waals surface area contributed by atoms with Crippen LogP contribution >= 0.6 is 0 Å². The molecule has 0 radical (unpaired) electrons. The van der Waals surface area contributed by atoms with Gasteiger partial charge in [-0.2, -0.15) is 0 Å². The molecule has 0 aliphatic heterocycles. The van der Waals surface area contributed by atoms with Crippen molar-refractivity contribution in [1.29, 1.82) is 0 Å². The van der Waals surface area contributed by atoms with E-state index >= 15 is 0 Å². The van der Waals surface area contributed by atoms with Gasteiger partial charge in [0, 0.05) is 0 Å². The SMILES string of the molecule is F[B-](F)(F)c1ccc([Se]CC2CCCCC2)cc1.[K+]. The van der Waals surface area contributed by atoms with E-state index in [1.54, 1.807) is 12.1 Å². The smallest absolute Gasteiger partial charge is 1.00 e. The summed E-state index contributed by atoms with van der Waals surface area (Å²) in [4.78, 5) is 0. The third-order valence-electron chi connectivity index (χ3n) is 3.47. The van der Waals surface area contributed by atoms with Crippen LogP contribution < -0.4 is 61.3 Å². The van der Waals surface area contributed by atoms with Crippen molar-refractivity contribution in [2.75, 3.05) is 0 Å². The van der Waals surface area contributed by atoms with Crippen LogP contribution in [0.15, 0.2) is 24.3 Å². The molecule has 2 rings (SSSR count). The Balaban J connectivity index is 0.00000180. The molecule has 1 aromatic rings. The molecule has 1 aliphatic carbocycles. The molecular formula is C13H17BF3KSe. The second-order valence-corrected chi connectivity index (χ2v) is 7.25. The molecule has 0 bridgehead atoms. The summed E-state index contributed by atoms with van der Waals surface area (Å²) in [6.07, 6.45) is 6.63. The van der Waals surface area contributed by atoms with Crippen LogP contribution in [0, 0.1) is 5.92 Å². The largest absolute Gasteiger partial charge is 1.00 e. The Bertz CT molecular complexity index is 374. The van der Waals surface area contributed by atoms with Crippen molar-refractivity contribution in [3.8, 4) is 0 Å². The number of hydrogen-bond donors (Lipinski definition) is 0. The normalized spacial score (nSPS) is 17.0. The van der Waals surface area contributed by atoms with Crippen molar-refractivity contribution in [3.05, 3.63) is 24.3 Å². The summed E-state index contributed by atoms with van der Waals surface area (Å²) in [5, 5.41) is 1.18. The van der Waals surface area contributed by atoms with Gasteiger partial charge in [-0.25, -0.2) is 0 Å². The number of benzene rings is 1. The van der Waals surface area contributed by atoms with Crippen LogP contribution in [0.4, 0.5) is 12.9 Å². The molecule has 0 nitrogen and oxygen atoms in total. The molecule has 1 aromatic carbocycles. The van der Waals surface area contributed by atoms with Crippen LogP contribution in [-0.2, 0) is 0 Å². The van der Waals surface area contributed by atoms with Gasteiger partial charge in [0.2, 0.25) is 0 Å². The Labute approximate surface area is 161 Å². The fourth-order valence-corrected chi connectivity index (χ4v) is 4.64. The first-order valence-electron chi connectivity index (χ1n) is 6.48. The second kappa shape index (κ2) is 8.62. The monoisotopic (exact) mass is 360 g/mol. The summed E-state index contributed by atoms with van der Waals surface area (Å²) < 4.78 is 38.5. The van der Waals surface area contributed by atoms with E-state index in [1.165, 1.54) is 49.6 Å². The predicted molar refractivity (Wildman–Crippen MR) is 71.9 cm³/mol. The third kappa shape index (κ3) is 6.25. The van der Waals surface area contributed by atoms with Gasteiger partial charge in [0.1, 0.15) is 0 Å². The van der Waals surface area contributed by atoms with Gasteiger partial charge in [0.15, 0.2) is 0 Å². The summed E-state index contributed by atoms with van der Waals surface area (Å²) >= 11 is 0.332. The minimum atomic E-state index is -4.84. The first-order chi connectivity index (χ1) is 8.55. The Kier molecular flexibility index (Phi) is 8.29. The maximum Gasteiger partial charge on any atom is 1.00 e. The Morgan fingerprint density at radius 1 is 1.00 bits per heavy atom. The summed E-state index contributed by atoms with van der Waals surface area (Å²) in [6.45, 7) is -4.84. The van der Waals surface area contributed by atoms with E-state index in [9.17, 15) is 12.9 Å². The number of halogens is 3. The molecule has 0 heterocycles. The van der Waals surface area contributed by atoms with Crippen molar-refractivity contribution < 1.29 is 64.3 Å². The van der Waals surface area contributed by atoms with Crippen molar-refractivity contribution in [2.45, 2.75) is 37.4 Å². The van der Waals surface area contributed by atoms with Gasteiger partial charge in [-0.3, -0.25) is 0 Å². The summed E-state index contributed by atoms with van der Waals surface area (Å²) in [5.41, 5.74) is -0.479. The summed E-state index contributed by atoms with van der Waals surface area (Å²) in [5.74, 6) is 0.810. The molecular weight excluding hydrogens is 342 g/mol. The molecule has 1 aliphatic rings. The average Bonchev–Trinajstić information content (AvgIpc) is 2.37. The molecule has 0 saturated heterocycles. The Hall–Kier alpha value is 1.23. The maximum absolute atomic E-state index is 12.5. The van der Waals surface area contributed by atoms with Gasteiger partial charge < -0.3 is 0 Å². The maximum atomic E-state index is 12.5. The fourth-order valence-electron chi connectivity index (χ4n) is 2.35. The van der Waals surface area contributed by atoms with Crippen molar-refractivity contribution >= 4 is 31.9 Å². The summed E-state index contributed by atoms with van der Waals surface area (Å²) in [7, 11) is 0. The van der Waals surface area contributed by atoms with E-state index in [1.807, 2.05) is 0 Å². The van der Waals surface area contributed by atoms with E-state index in [0.717, 1.165) is 10.4 Å². The van der Waals surface area contributed by atoms with Gasteiger partial charge in [-0.15, -0.1) is 0 Å². The number of rotatable bonds is 4. The molecule has 100 valence electrons. The standard InChI is InChI=1S/C13H17BF3Se.K/c15-14(16,17)12-6-8-13(9-7-12)18-10-11-4-2-1-3-5-11;/h6-9,11H,1-5,10H2;/q-1;+1. The van der Waals surface area contributed by atoms with Gasteiger partial charge in [0.05, 0.1) is 0 Å². The zero-order valence-corrected chi connectivity index (χ0v) is 16.1. The van der Waals surface area contributed by atoms with Crippen LogP contribution in [-0.4, -0.2) is 21.9 Å². The van der Waals surface area contributed by atoms with E-state index in [2.05, 4.69) is 0 Å². The minimum absolute atomic E-state index is 0. The molecule has 0 amide bonds. The zero-order valence-electron chi connectivity index (χ0n) is 11.2. The quantitative estimate of drug-likeness (QED) is 0.668. The van der Waals surface area contributed by atoms with E-state index in [4.69, 9.17) is 0 Å². The molecule has 1 fully saturated rings. The first-order valence-corrected chi connectivity index (χ1v) is 8.55. The molecule has 0 unspecified atom stereocenters. The van der Waals surface area contributed by atoms with Gasteiger partial charge in [0.25, 0.3) is 0 Å². The van der Waals surface area contributed by atoms with E-state index in [-0.39, 0.29) is 51.4 Å². The Morgan fingerprint density at radius 2 is 1.58 bits per heavy atom. The van der Waals surface area contributed by atoms with E-state index in [0.29, 0.717) is 15.0 Å². The first kappa shape index (κ1) is 18.3. The molecule has 6 heteroatoms. The topological polar surface area (TPSA) is 0 Å². The summed E-state index contributed by atoms with van der Waals surface area (Å²) in [6, 6.07) is 5.79. The minimum Gasteiger partial charge on any atom is 1.00 e. The van der Waals surface area contributed by atoms with Crippen LogP contribution in [0.25, 0.3) is 0 Å². The Morgan fingerprint density at radius 3 is 2.11 bits per heavy atom. The zero-order chi connectivity index (χ0) is 13.0. The predicted octanol–water partition coefficient (Wildman–Crippen LogP) is 0.0731. The van der Waals surface area contributed by atoms with Crippen molar-refractivity contribution in [1.82, 2.24) is 0 Å². The number of hydrogen-bond acceptors (Lipinski definition) is 0. The van der Waals surface area contributed by atoms with Crippen LogP contribution in [0.1, 0.15) is 32.1 Å². The third-order valence-corrected chi connectivity index (χ3v) is 6.08. The second-order valence-electron chi connectivity index (χ2n) is 4.96. The van der Waals surface area contributed by atoms with Crippen LogP contribution in [0.3, 0.4) is 0 Å². The van der Waals surface area contributed by atoms with Crippen molar-refractivity contribution in [3.63, 3.8) is 0 Å².